The average Bonchev–Trinajstić information content (AvgIpc) is 2.80. The van der Waals surface area contributed by atoms with Crippen LogP contribution in [-0.2, 0) is 5.54 Å². The first kappa shape index (κ1) is 13.9. The Hall–Kier alpha value is -2.07. The maximum atomic E-state index is 6.14. The van der Waals surface area contributed by atoms with E-state index >= 15 is 0 Å². The van der Waals surface area contributed by atoms with Crippen LogP contribution in [-0.4, -0.2) is 14.8 Å². The van der Waals surface area contributed by atoms with Crippen LogP contribution < -0.4 is 5.73 Å². The molecule has 0 amide bonds. The lowest BCUT2D eigenvalue weighted by Gasteiger charge is -2.20. The monoisotopic (exact) mass is 300 g/mol. The summed E-state index contributed by atoms with van der Waals surface area (Å²) in [5.41, 5.74) is 9.40. The molecule has 2 aromatic heterocycles. The van der Waals surface area contributed by atoms with Gasteiger partial charge in [-0.15, -0.1) is 0 Å². The molecule has 4 nitrogen and oxygen atoms in total. The van der Waals surface area contributed by atoms with Gasteiger partial charge in [-0.2, -0.15) is 5.10 Å². The van der Waals surface area contributed by atoms with E-state index in [0.29, 0.717) is 10.7 Å². The van der Waals surface area contributed by atoms with Crippen molar-refractivity contribution >= 4 is 28.2 Å². The summed E-state index contributed by atoms with van der Waals surface area (Å²) < 4.78 is 1.97. The Balaban J connectivity index is 2.35. The van der Waals surface area contributed by atoms with Crippen LogP contribution in [0.2, 0.25) is 5.02 Å². The summed E-state index contributed by atoms with van der Waals surface area (Å²) in [4.78, 5) is 4.20. The van der Waals surface area contributed by atoms with Gasteiger partial charge in [0.05, 0.1) is 34.5 Å². The highest BCUT2D eigenvalue weighted by Gasteiger charge is 2.22. The number of nitrogen functional groups attached to an aromatic ring is 1. The molecule has 0 saturated carbocycles. The van der Waals surface area contributed by atoms with E-state index in [9.17, 15) is 0 Å². The van der Waals surface area contributed by atoms with Gasteiger partial charge in [0, 0.05) is 10.6 Å². The largest absolute Gasteiger partial charge is 0.397 e. The molecule has 0 bridgehead atoms. The van der Waals surface area contributed by atoms with Gasteiger partial charge in [-0.1, -0.05) is 23.7 Å². The number of pyridine rings is 1. The summed E-state index contributed by atoms with van der Waals surface area (Å²) in [5, 5.41) is 6.41. The summed E-state index contributed by atoms with van der Waals surface area (Å²) in [6.07, 6.45) is 3.47. The van der Waals surface area contributed by atoms with Crippen LogP contribution in [0.1, 0.15) is 20.8 Å². The normalized spacial score (nSPS) is 12.0. The quantitative estimate of drug-likeness (QED) is 0.736. The topological polar surface area (TPSA) is 56.7 Å². The van der Waals surface area contributed by atoms with E-state index in [1.165, 1.54) is 0 Å². The number of aromatic nitrogens is 3. The molecule has 2 N–H and O–H groups in total. The molecule has 3 rings (SSSR count). The van der Waals surface area contributed by atoms with Crippen LogP contribution in [0.3, 0.4) is 0 Å². The van der Waals surface area contributed by atoms with Crippen molar-refractivity contribution in [3.8, 4) is 11.3 Å². The number of hydrogen-bond acceptors (Lipinski definition) is 3. The predicted molar refractivity (Wildman–Crippen MR) is 87.4 cm³/mol. The molecule has 0 aliphatic heterocycles. The lowest BCUT2D eigenvalue weighted by atomic mass is 10.1. The average molecular weight is 301 g/mol. The van der Waals surface area contributed by atoms with Gasteiger partial charge in [-0.25, -0.2) is 0 Å². The lowest BCUT2D eigenvalue weighted by molar-refractivity contribution is 0.369. The van der Waals surface area contributed by atoms with E-state index in [2.05, 4.69) is 25.8 Å². The fraction of sp³-hybridized carbons (Fsp3) is 0.250. The summed E-state index contributed by atoms with van der Waals surface area (Å²) in [7, 11) is 0. The first-order valence-corrected chi connectivity index (χ1v) is 7.14. The van der Waals surface area contributed by atoms with Crippen LogP contribution >= 0.6 is 11.6 Å². The number of rotatable bonds is 1. The van der Waals surface area contributed by atoms with E-state index in [-0.39, 0.29) is 5.54 Å². The molecule has 3 aromatic rings. The highest BCUT2D eigenvalue weighted by Crippen LogP contribution is 2.34. The molecule has 0 fully saturated rings. The van der Waals surface area contributed by atoms with E-state index in [1.807, 2.05) is 35.1 Å². The van der Waals surface area contributed by atoms with E-state index in [0.717, 1.165) is 22.2 Å². The second kappa shape index (κ2) is 4.74. The second-order valence-corrected chi connectivity index (χ2v) is 6.50. The van der Waals surface area contributed by atoms with Gasteiger partial charge >= 0.3 is 0 Å². The van der Waals surface area contributed by atoms with Crippen molar-refractivity contribution in [2.45, 2.75) is 26.3 Å². The molecule has 1 aromatic carbocycles. The summed E-state index contributed by atoms with van der Waals surface area (Å²) >= 11 is 5.97. The number of nitrogens with two attached hydrogens (primary N) is 1. The Morgan fingerprint density at radius 1 is 1.10 bits per heavy atom. The zero-order valence-electron chi connectivity index (χ0n) is 12.3. The van der Waals surface area contributed by atoms with Crippen molar-refractivity contribution in [1.29, 1.82) is 0 Å². The molecule has 0 radical (unpaired) electrons. The van der Waals surface area contributed by atoms with E-state index in [1.54, 1.807) is 6.20 Å². The molecule has 0 spiro atoms. The molecule has 108 valence electrons. The number of halogens is 1. The minimum absolute atomic E-state index is 0.154. The number of benzene rings is 1. The van der Waals surface area contributed by atoms with E-state index < -0.39 is 0 Å². The zero-order chi connectivity index (χ0) is 15.2. The molecular formula is C16H17ClN4. The van der Waals surface area contributed by atoms with Crippen molar-refractivity contribution in [1.82, 2.24) is 14.8 Å². The molecule has 0 aliphatic rings. The minimum atomic E-state index is -0.154. The van der Waals surface area contributed by atoms with Crippen molar-refractivity contribution < 1.29 is 0 Å². The Kier molecular flexibility index (Phi) is 3.14. The molecule has 5 heteroatoms. The third-order valence-corrected chi connectivity index (χ3v) is 3.63. The highest BCUT2D eigenvalue weighted by atomic mass is 35.5. The van der Waals surface area contributed by atoms with Crippen molar-refractivity contribution in [3.05, 3.63) is 41.7 Å². The molecular weight excluding hydrogens is 284 g/mol. The minimum Gasteiger partial charge on any atom is -0.397 e. The van der Waals surface area contributed by atoms with Crippen molar-refractivity contribution in [3.63, 3.8) is 0 Å². The third-order valence-electron chi connectivity index (χ3n) is 3.37. The third kappa shape index (κ3) is 2.36. The Morgan fingerprint density at radius 2 is 1.76 bits per heavy atom. The van der Waals surface area contributed by atoms with Gasteiger partial charge in [-0.3, -0.25) is 9.67 Å². The maximum Gasteiger partial charge on any atom is 0.102 e. The number of nitrogens with zero attached hydrogens (tertiary/aromatic N) is 3. The molecule has 21 heavy (non-hydrogen) atoms. The fourth-order valence-electron chi connectivity index (χ4n) is 2.41. The van der Waals surface area contributed by atoms with Gasteiger partial charge in [0.2, 0.25) is 0 Å². The van der Waals surface area contributed by atoms with Gasteiger partial charge in [-0.05, 0) is 32.9 Å². The number of hydrogen-bond donors (Lipinski definition) is 1. The zero-order valence-corrected chi connectivity index (χ0v) is 13.0. The molecule has 0 saturated heterocycles. The first-order valence-electron chi connectivity index (χ1n) is 6.76. The smallest absolute Gasteiger partial charge is 0.102 e. The Labute approximate surface area is 128 Å². The SMILES string of the molecule is CC(C)(C)n1nc(-c2ccc(Cl)cc2)c2c(N)cncc21. The molecule has 2 heterocycles. The first-order chi connectivity index (χ1) is 9.88. The van der Waals surface area contributed by atoms with Gasteiger partial charge in [0.15, 0.2) is 0 Å². The van der Waals surface area contributed by atoms with Crippen LogP contribution in [0.5, 0.6) is 0 Å². The predicted octanol–water partition coefficient (Wildman–Crippen LogP) is 4.09. The second-order valence-electron chi connectivity index (χ2n) is 6.06. The standard InChI is InChI=1S/C16H17ClN4/c1-16(2,3)21-13-9-19-8-12(18)14(13)15(20-21)10-4-6-11(17)7-5-10/h4-9H,18H2,1-3H3. The van der Waals surface area contributed by atoms with Crippen LogP contribution in [0.15, 0.2) is 36.7 Å². The van der Waals surface area contributed by atoms with Crippen molar-refractivity contribution in [2.75, 3.05) is 5.73 Å². The van der Waals surface area contributed by atoms with Gasteiger partial charge in [0.25, 0.3) is 0 Å². The van der Waals surface area contributed by atoms with Gasteiger partial charge in [0.1, 0.15) is 5.69 Å². The highest BCUT2D eigenvalue weighted by molar-refractivity contribution is 6.30. The fourth-order valence-corrected chi connectivity index (χ4v) is 2.53. The van der Waals surface area contributed by atoms with Gasteiger partial charge < -0.3 is 5.73 Å². The molecule has 0 aliphatic carbocycles. The molecule has 0 unspecified atom stereocenters. The Morgan fingerprint density at radius 3 is 2.38 bits per heavy atom. The maximum absolute atomic E-state index is 6.14. The number of anilines is 1. The summed E-state index contributed by atoms with van der Waals surface area (Å²) in [6, 6.07) is 7.63. The summed E-state index contributed by atoms with van der Waals surface area (Å²) in [6.45, 7) is 6.32. The van der Waals surface area contributed by atoms with Crippen LogP contribution in [0.25, 0.3) is 22.2 Å². The molecule has 0 atom stereocenters. The lowest BCUT2D eigenvalue weighted by Crippen LogP contribution is -2.23. The van der Waals surface area contributed by atoms with Crippen LogP contribution in [0, 0.1) is 0 Å². The summed E-state index contributed by atoms with van der Waals surface area (Å²) in [5.74, 6) is 0. The van der Waals surface area contributed by atoms with Crippen molar-refractivity contribution in [2.24, 2.45) is 0 Å². The Bertz CT molecular complexity index is 797. The van der Waals surface area contributed by atoms with Crippen LogP contribution in [0.4, 0.5) is 5.69 Å². The van der Waals surface area contributed by atoms with E-state index in [4.69, 9.17) is 22.4 Å². The number of fused-ring (bicyclic) bond motifs is 1.